The molecular weight excluding hydrogens is 342 g/mol. The van der Waals surface area contributed by atoms with Crippen LogP contribution in [0.5, 0.6) is 0 Å². The van der Waals surface area contributed by atoms with E-state index < -0.39 is 0 Å². The van der Waals surface area contributed by atoms with Crippen LogP contribution in [-0.2, 0) is 12.8 Å². The molecule has 0 amide bonds. The number of aromatic nitrogens is 3. The number of thiocarbonyl (C=S) groups is 1. The predicted molar refractivity (Wildman–Crippen MR) is 107 cm³/mol. The average molecular weight is 361 g/mol. The summed E-state index contributed by atoms with van der Waals surface area (Å²) >= 11 is 5.64. The van der Waals surface area contributed by atoms with Gasteiger partial charge in [-0.3, -0.25) is 0 Å². The van der Waals surface area contributed by atoms with Crippen LogP contribution in [-0.4, -0.2) is 19.8 Å². The second kappa shape index (κ2) is 7.62. The Hall–Kier alpha value is -2.79. The van der Waals surface area contributed by atoms with Crippen molar-refractivity contribution < 1.29 is 4.42 Å². The molecule has 26 heavy (non-hydrogen) atoms. The number of nitrogens with zero attached hydrogens (tertiary/aromatic N) is 2. The summed E-state index contributed by atoms with van der Waals surface area (Å²) in [5.41, 5.74) is 5.47. The molecule has 3 aromatic heterocycles. The van der Waals surface area contributed by atoms with Gasteiger partial charge < -0.3 is 9.40 Å². The zero-order chi connectivity index (χ0) is 17.8. The Labute approximate surface area is 157 Å². The van der Waals surface area contributed by atoms with Crippen molar-refractivity contribution >= 4 is 28.1 Å². The summed E-state index contributed by atoms with van der Waals surface area (Å²) < 4.78 is 5.12. The first-order valence-electron chi connectivity index (χ1n) is 8.70. The van der Waals surface area contributed by atoms with E-state index in [4.69, 9.17) is 16.6 Å². The Balaban J connectivity index is 1.39. The Morgan fingerprint density at radius 3 is 2.69 bits per heavy atom. The predicted octanol–water partition coefficient (Wildman–Crippen LogP) is 5.15. The number of oxazole rings is 1. The monoisotopic (exact) mass is 361 g/mol. The van der Waals surface area contributed by atoms with Crippen LogP contribution in [0.25, 0.3) is 22.3 Å². The van der Waals surface area contributed by atoms with Crippen molar-refractivity contribution in [1.29, 1.82) is 0 Å². The van der Waals surface area contributed by atoms with Crippen LogP contribution in [0.4, 0.5) is 0 Å². The molecule has 5 heteroatoms. The van der Waals surface area contributed by atoms with Crippen molar-refractivity contribution in [2.75, 3.05) is 0 Å². The van der Waals surface area contributed by atoms with Crippen molar-refractivity contribution in [3.05, 3.63) is 72.6 Å². The Morgan fingerprint density at radius 1 is 1.00 bits per heavy atom. The molecule has 0 aliphatic carbocycles. The van der Waals surface area contributed by atoms with Crippen LogP contribution in [0.1, 0.15) is 24.0 Å². The van der Waals surface area contributed by atoms with E-state index >= 15 is 0 Å². The van der Waals surface area contributed by atoms with E-state index in [1.54, 1.807) is 6.26 Å². The number of hydrogen-bond acceptors (Lipinski definition) is 4. The highest BCUT2D eigenvalue weighted by atomic mass is 32.1. The third-order valence-corrected chi connectivity index (χ3v) is 5.03. The lowest BCUT2D eigenvalue weighted by molar-refractivity contribution is 0.558. The lowest BCUT2D eigenvalue weighted by atomic mass is 9.98. The van der Waals surface area contributed by atoms with Gasteiger partial charge >= 0.3 is 0 Å². The van der Waals surface area contributed by atoms with Crippen LogP contribution >= 0.6 is 12.2 Å². The molecule has 4 rings (SSSR count). The van der Waals surface area contributed by atoms with Crippen LogP contribution in [0, 0.1) is 0 Å². The minimum atomic E-state index is 0.873. The molecule has 0 saturated heterocycles. The zero-order valence-electron chi connectivity index (χ0n) is 14.3. The van der Waals surface area contributed by atoms with E-state index in [1.807, 2.05) is 18.5 Å². The van der Waals surface area contributed by atoms with Crippen molar-refractivity contribution in [1.82, 2.24) is 15.0 Å². The van der Waals surface area contributed by atoms with Gasteiger partial charge in [-0.15, -0.1) is 0 Å². The molecule has 0 spiro atoms. The fraction of sp³-hybridized carbons (Fsp3) is 0.190. The van der Waals surface area contributed by atoms with Gasteiger partial charge in [-0.05, 0) is 53.8 Å². The van der Waals surface area contributed by atoms with E-state index in [1.165, 1.54) is 22.9 Å². The van der Waals surface area contributed by atoms with Crippen molar-refractivity contribution in [3.8, 4) is 11.3 Å². The maximum Gasteiger partial charge on any atom is 0.181 e. The molecule has 1 aromatic carbocycles. The van der Waals surface area contributed by atoms with Crippen molar-refractivity contribution in [3.63, 3.8) is 0 Å². The molecule has 0 bridgehead atoms. The second-order valence-corrected chi connectivity index (χ2v) is 6.86. The van der Waals surface area contributed by atoms with Gasteiger partial charge in [0.2, 0.25) is 0 Å². The molecule has 0 aliphatic heterocycles. The lowest BCUT2D eigenvalue weighted by Gasteiger charge is -2.09. The van der Waals surface area contributed by atoms with Crippen LogP contribution in [0.2, 0.25) is 0 Å². The smallest absolute Gasteiger partial charge is 0.181 e. The number of nitrogens with one attached hydrogen (secondary N) is 1. The van der Waals surface area contributed by atoms with E-state index in [-0.39, 0.29) is 0 Å². The van der Waals surface area contributed by atoms with Crippen LogP contribution in [0.3, 0.4) is 0 Å². The number of hydrogen-bond donors (Lipinski definition) is 1. The molecule has 0 saturated carbocycles. The van der Waals surface area contributed by atoms with Gasteiger partial charge in [0.1, 0.15) is 17.6 Å². The fourth-order valence-corrected chi connectivity index (χ4v) is 3.45. The van der Waals surface area contributed by atoms with Gasteiger partial charge in [0.25, 0.3) is 0 Å². The molecule has 0 unspecified atom stereocenters. The summed E-state index contributed by atoms with van der Waals surface area (Å²) in [5, 5.41) is 1.19. The molecule has 3 heterocycles. The topological polar surface area (TPSA) is 54.7 Å². The zero-order valence-corrected chi connectivity index (χ0v) is 15.1. The Morgan fingerprint density at radius 2 is 1.85 bits per heavy atom. The number of aryl methyl sites for hydroxylation is 2. The molecule has 0 aliphatic rings. The summed E-state index contributed by atoms with van der Waals surface area (Å²) in [7, 11) is 0. The summed E-state index contributed by atoms with van der Waals surface area (Å²) in [5.74, 6) is 0. The first-order chi connectivity index (χ1) is 12.8. The van der Waals surface area contributed by atoms with Gasteiger partial charge in [-0.25, -0.2) is 9.97 Å². The Kier molecular flexibility index (Phi) is 4.88. The maximum atomic E-state index is 5.64. The number of H-pyrrole nitrogens is 1. The molecule has 130 valence electrons. The summed E-state index contributed by atoms with van der Waals surface area (Å²) in [6, 6.07) is 12.5. The van der Waals surface area contributed by atoms with Gasteiger partial charge in [0.15, 0.2) is 6.39 Å². The first-order valence-corrected chi connectivity index (χ1v) is 9.11. The number of pyridine rings is 1. The van der Waals surface area contributed by atoms with Gasteiger partial charge in [0, 0.05) is 23.3 Å². The quantitative estimate of drug-likeness (QED) is 0.462. The maximum absolute atomic E-state index is 5.64. The minimum absolute atomic E-state index is 0.873. The van der Waals surface area contributed by atoms with E-state index in [0.717, 1.165) is 47.5 Å². The second-order valence-electron chi connectivity index (χ2n) is 6.28. The minimum Gasteiger partial charge on any atom is -0.451 e. The highest BCUT2D eigenvalue weighted by molar-refractivity contribution is 7.80. The molecule has 1 N–H and O–H groups in total. The van der Waals surface area contributed by atoms with Gasteiger partial charge in [-0.2, -0.15) is 0 Å². The summed E-state index contributed by atoms with van der Waals surface area (Å²) in [4.78, 5) is 12.9. The largest absolute Gasteiger partial charge is 0.451 e. The van der Waals surface area contributed by atoms with E-state index in [9.17, 15) is 0 Å². The van der Waals surface area contributed by atoms with Crippen LogP contribution < -0.4 is 0 Å². The number of fused-ring (bicyclic) bond motifs is 1. The molecule has 0 atom stereocenters. The number of benzene rings is 1. The SMILES string of the molecule is S=C(CCc1ccccc1-c1cocn1)CCc1ccnc2[nH]ccc12. The van der Waals surface area contributed by atoms with Crippen LogP contribution in [0.15, 0.2) is 65.9 Å². The highest BCUT2D eigenvalue weighted by Crippen LogP contribution is 2.24. The number of rotatable bonds is 7. The summed E-state index contributed by atoms with van der Waals surface area (Å²) in [6.07, 6.45) is 10.6. The molecule has 0 radical (unpaired) electrons. The lowest BCUT2D eigenvalue weighted by Crippen LogP contribution is -2.01. The molecule has 4 aromatic rings. The van der Waals surface area contributed by atoms with E-state index in [2.05, 4.69) is 45.3 Å². The number of aromatic amines is 1. The Bertz CT molecular complexity index is 1020. The third kappa shape index (κ3) is 3.58. The molecule has 0 fully saturated rings. The third-order valence-electron chi connectivity index (χ3n) is 4.62. The standard InChI is InChI=1S/C21H19N3OS/c26-17(8-6-16-9-11-22-21-19(16)10-12-23-21)7-5-15-3-1-2-4-18(15)20-13-25-14-24-20/h1-4,9-14H,5-8H2,(H,22,23). The van der Waals surface area contributed by atoms with E-state index in [0.29, 0.717) is 0 Å². The average Bonchev–Trinajstić information content (AvgIpc) is 3.36. The van der Waals surface area contributed by atoms with Crippen molar-refractivity contribution in [2.24, 2.45) is 0 Å². The first kappa shape index (κ1) is 16.7. The van der Waals surface area contributed by atoms with Gasteiger partial charge in [-0.1, -0.05) is 36.5 Å². The van der Waals surface area contributed by atoms with Gasteiger partial charge in [0.05, 0.1) is 0 Å². The fourth-order valence-electron chi connectivity index (χ4n) is 3.24. The summed E-state index contributed by atoms with van der Waals surface area (Å²) in [6.45, 7) is 0. The molecular formula is C21H19N3OS. The van der Waals surface area contributed by atoms with Crippen molar-refractivity contribution in [2.45, 2.75) is 25.7 Å². The highest BCUT2D eigenvalue weighted by Gasteiger charge is 2.09. The molecule has 4 nitrogen and oxygen atoms in total. The normalized spacial score (nSPS) is 11.1.